The Morgan fingerprint density at radius 1 is 0.870 bits per heavy atom. The zero-order valence-electron chi connectivity index (χ0n) is 14.1. The topological polar surface area (TPSA) is 57.5 Å². The van der Waals surface area contributed by atoms with Crippen molar-refractivity contribution in [3.8, 4) is 0 Å². The Morgan fingerprint density at radius 2 is 1.48 bits per heavy atom. The number of carbonyl (C=O) groups is 1. The summed E-state index contributed by atoms with van der Waals surface area (Å²) >= 11 is 0. The lowest BCUT2D eigenvalue weighted by Gasteiger charge is -2.08. The van der Waals surface area contributed by atoms with Gasteiger partial charge in [-0.1, -0.05) is 87.3 Å². The minimum Gasteiger partial charge on any atom is -0.478 e. The van der Waals surface area contributed by atoms with Gasteiger partial charge in [-0.05, 0) is 19.3 Å². The molecule has 3 heteroatoms. The average molecular weight is 318 g/mol. The fourth-order valence-electron chi connectivity index (χ4n) is 1.94. The summed E-state index contributed by atoms with van der Waals surface area (Å²) in [6, 6.07) is 0. The Hall–Kier alpha value is -1.87. The molecule has 0 aliphatic rings. The number of hydrogen-bond donors (Lipinski definition) is 2. The predicted molar refractivity (Wildman–Crippen MR) is 97.3 cm³/mol. The highest BCUT2D eigenvalue weighted by atomic mass is 16.4. The van der Waals surface area contributed by atoms with Crippen molar-refractivity contribution in [1.29, 1.82) is 0 Å². The van der Waals surface area contributed by atoms with Gasteiger partial charge in [-0.25, -0.2) is 4.79 Å². The van der Waals surface area contributed by atoms with Crippen molar-refractivity contribution in [1.82, 2.24) is 0 Å². The first kappa shape index (κ1) is 21.1. The van der Waals surface area contributed by atoms with Gasteiger partial charge in [-0.15, -0.1) is 0 Å². The van der Waals surface area contributed by atoms with Gasteiger partial charge in [0.25, 0.3) is 0 Å². The molecule has 0 aromatic rings. The first-order chi connectivity index (χ1) is 11.2. The molecule has 3 nitrogen and oxygen atoms in total. The monoisotopic (exact) mass is 318 g/mol. The van der Waals surface area contributed by atoms with Crippen molar-refractivity contribution in [3.63, 3.8) is 0 Å². The second-order valence-corrected chi connectivity index (χ2v) is 5.36. The molecular formula is C20H30O3. The molecule has 128 valence electrons. The molecule has 0 aliphatic heterocycles. The second-order valence-electron chi connectivity index (χ2n) is 5.36. The Morgan fingerprint density at radius 3 is 2.09 bits per heavy atom. The van der Waals surface area contributed by atoms with Gasteiger partial charge in [0.15, 0.2) is 0 Å². The molecule has 0 fully saturated rings. The number of allylic oxidation sites excluding steroid dienone is 9. The van der Waals surface area contributed by atoms with Crippen LogP contribution in [0, 0.1) is 0 Å². The SMILES string of the molecule is CCCCCCC(O)CCC=CC=CC=CC=CC=CC(=O)O. The summed E-state index contributed by atoms with van der Waals surface area (Å²) in [6.45, 7) is 2.19. The van der Waals surface area contributed by atoms with Crippen LogP contribution in [0.25, 0.3) is 0 Å². The molecule has 0 bridgehead atoms. The number of carboxylic acids is 1. The lowest BCUT2D eigenvalue weighted by atomic mass is 10.1. The van der Waals surface area contributed by atoms with Crippen molar-refractivity contribution in [3.05, 3.63) is 60.8 Å². The Bertz CT molecular complexity index is 428. The Labute approximate surface area is 140 Å². The number of rotatable bonds is 13. The number of unbranched alkanes of at least 4 members (excludes halogenated alkanes) is 3. The molecule has 0 saturated heterocycles. The van der Waals surface area contributed by atoms with Crippen molar-refractivity contribution >= 4 is 5.97 Å². The number of hydrogen-bond acceptors (Lipinski definition) is 2. The minimum absolute atomic E-state index is 0.177. The fraction of sp³-hybridized carbons (Fsp3) is 0.450. The van der Waals surface area contributed by atoms with Crippen LogP contribution in [0.5, 0.6) is 0 Å². The molecule has 0 saturated carbocycles. The van der Waals surface area contributed by atoms with Gasteiger partial charge >= 0.3 is 5.97 Å². The standard InChI is InChI=1S/C20H30O3/c1-2-3-4-13-16-19(21)17-14-11-9-7-5-6-8-10-12-15-18-20(22)23/h5-12,15,18-19,21H,2-4,13-14,16-17H2,1H3,(H,22,23). The molecule has 0 aliphatic carbocycles. The normalized spacial score (nSPS) is 14.2. The van der Waals surface area contributed by atoms with Crippen LogP contribution in [-0.4, -0.2) is 22.3 Å². The van der Waals surface area contributed by atoms with Crippen molar-refractivity contribution in [2.24, 2.45) is 0 Å². The van der Waals surface area contributed by atoms with E-state index in [1.165, 1.54) is 25.3 Å². The zero-order chi connectivity index (χ0) is 17.2. The van der Waals surface area contributed by atoms with E-state index in [0.29, 0.717) is 0 Å². The first-order valence-corrected chi connectivity index (χ1v) is 8.41. The van der Waals surface area contributed by atoms with Gasteiger partial charge < -0.3 is 10.2 Å². The van der Waals surface area contributed by atoms with Crippen LogP contribution in [0.4, 0.5) is 0 Å². The molecule has 2 N–H and O–H groups in total. The summed E-state index contributed by atoms with van der Waals surface area (Å²) in [5.41, 5.74) is 0. The molecule has 23 heavy (non-hydrogen) atoms. The number of aliphatic carboxylic acids is 1. The second kappa shape index (κ2) is 16.5. The lowest BCUT2D eigenvalue weighted by molar-refractivity contribution is -0.131. The maximum absolute atomic E-state index is 10.2. The first-order valence-electron chi connectivity index (χ1n) is 8.41. The van der Waals surface area contributed by atoms with Gasteiger partial charge in [-0.2, -0.15) is 0 Å². The minimum atomic E-state index is -0.949. The van der Waals surface area contributed by atoms with E-state index in [0.717, 1.165) is 31.8 Å². The van der Waals surface area contributed by atoms with Gasteiger partial charge in [0.1, 0.15) is 0 Å². The largest absolute Gasteiger partial charge is 0.478 e. The quantitative estimate of drug-likeness (QED) is 0.286. The van der Waals surface area contributed by atoms with E-state index in [1.807, 2.05) is 30.4 Å². The number of aliphatic hydroxyl groups excluding tert-OH is 1. The van der Waals surface area contributed by atoms with E-state index in [1.54, 1.807) is 12.2 Å². The van der Waals surface area contributed by atoms with Crippen LogP contribution in [0.3, 0.4) is 0 Å². The summed E-state index contributed by atoms with van der Waals surface area (Å²) in [5.74, 6) is -0.949. The van der Waals surface area contributed by atoms with Crippen LogP contribution >= 0.6 is 0 Å². The molecule has 0 rings (SSSR count). The van der Waals surface area contributed by atoms with Crippen LogP contribution in [-0.2, 0) is 4.79 Å². The number of aliphatic hydroxyl groups is 1. The molecule has 0 aromatic carbocycles. The molecule has 0 amide bonds. The van der Waals surface area contributed by atoms with Gasteiger partial charge in [0.2, 0.25) is 0 Å². The third-order valence-corrected chi connectivity index (χ3v) is 3.21. The van der Waals surface area contributed by atoms with Crippen molar-refractivity contribution in [2.75, 3.05) is 0 Å². The molecular weight excluding hydrogens is 288 g/mol. The van der Waals surface area contributed by atoms with Crippen molar-refractivity contribution in [2.45, 2.75) is 58.0 Å². The smallest absolute Gasteiger partial charge is 0.328 e. The summed E-state index contributed by atoms with van der Waals surface area (Å²) in [5, 5.41) is 18.2. The summed E-state index contributed by atoms with van der Waals surface area (Å²) in [6.07, 6.45) is 24.9. The maximum atomic E-state index is 10.2. The summed E-state index contributed by atoms with van der Waals surface area (Å²) in [7, 11) is 0. The average Bonchev–Trinajstić information content (AvgIpc) is 2.52. The third-order valence-electron chi connectivity index (χ3n) is 3.21. The predicted octanol–water partition coefficient (Wildman–Crippen LogP) is 4.96. The van der Waals surface area contributed by atoms with E-state index in [4.69, 9.17) is 5.11 Å². The van der Waals surface area contributed by atoms with E-state index in [-0.39, 0.29) is 6.10 Å². The summed E-state index contributed by atoms with van der Waals surface area (Å²) < 4.78 is 0. The third kappa shape index (κ3) is 18.1. The highest BCUT2D eigenvalue weighted by Gasteiger charge is 2.01. The van der Waals surface area contributed by atoms with Gasteiger partial charge in [0.05, 0.1) is 6.10 Å². The van der Waals surface area contributed by atoms with E-state index in [9.17, 15) is 9.90 Å². The fourth-order valence-corrected chi connectivity index (χ4v) is 1.94. The van der Waals surface area contributed by atoms with E-state index >= 15 is 0 Å². The Balaban J connectivity index is 3.67. The van der Waals surface area contributed by atoms with E-state index < -0.39 is 5.97 Å². The van der Waals surface area contributed by atoms with Crippen LogP contribution < -0.4 is 0 Å². The highest BCUT2D eigenvalue weighted by Crippen LogP contribution is 2.09. The molecule has 0 heterocycles. The van der Waals surface area contributed by atoms with Crippen LogP contribution in [0.15, 0.2) is 60.8 Å². The van der Waals surface area contributed by atoms with E-state index in [2.05, 4.69) is 13.0 Å². The maximum Gasteiger partial charge on any atom is 0.328 e. The molecule has 0 radical (unpaired) electrons. The molecule has 0 aromatic heterocycles. The van der Waals surface area contributed by atoms with Gasteiger partial charge in [-0.3, -0.25) is 0 Å². The summed E-state index contributed by atoms with van der Waals surface area (Å²) in [4.78, 5) is 10.2. The van der Waals surface area contributed by atoms with Crippen LogP contribution in [0.1, 0.15) is 51.9 Å². The van der Waals surface area contributed by atoms with Crippen molar-refractivity contribution < 1.29 is 15.0 Å². The zero-order valence-corrected chi connectivity index (χ0v) is 14.1. The molecule has 0 spiro atoms. The highest BCUT2D eigenvalue weighted by molar-refractivity contribution is 5.80. The molecule has 1 unspecified atom stereocenters. The van der Waals surface area contributed by atoms with Gasteiger partial charge in [0, 0.05) is 6.08 Å². The van der Waals surface area contributed by atoms with Crippen LogP contribution in [0.2, 0.25) is 0 Å². The lowest BCUT2D eigenvalue weighted by Crippen LogP contribution is -2.05. The number of carboxylic acid groups (broad SMARTS) is 1. The Kier molecular flexibility index (Phi) is 15.2. The molecule has 1 atom stereocenters.